The molecule has 0 saturated heterocycles. The second kappa shape index (κ2) is 4.84. The third-order valence-corrected chi connectivity index (χ3v) is 2.25. The van der Waals surface area contributed by atoms with Gasteiger partial charge < -0.3 is 10.5 Å². The maximum absolute atomic E-state index is 10.8. The van der Waals surface area contributed by atoms with Crippen molar-refractivity contribution in [2.45, 2.75) is 0 Å². The van der Waals surface area contributed by atoms with Gasteiger partial charge in [-0.3, -0.25) is 10.1 Å². The fourth-order valence-corrected chi connectivity index (χ4v) is 1.40. The van der Waals surface area contributed by atoms with Gasteiger partial charge in [0.25, 0.3) is 5.88 Å². The summed E-state index contributed by atoms with van der Waals surface area (Å²) in [6.45, 7) is 0. The molecule has 0 aliphatic heterocycles. The lowest BCUT2D eigenvalue weighted by atomic mass is 10.3. The summed E-state index contributed by atoms with van der Waals surface area (Å²) in [5.41, 5.74) is 5.26. The molecular formula is C10H7ClN4O3. The molecule has 0 amide bonds. The fourth-order valence-electron chi connectivity index (χ4n) is 1.24. The number of halogens is 1. The average Bonchev–Trinajstić information content (AvgIpc) is 2.34. The van der Waals surface area contributed by atoms with Gasteiger partial charge in [-0.05, 0) is 12.1 Å². The molecule has 2 N–H and O–H groups in total. The maximum Gasteiger partial charge on any atom is 0.313 e. The Morgan fingerprint density at radius 3 is 2.72 bits per heavy atom. The van der Waals surface area contributed by atoms with Crippen LogP contribution in [0.3, 0.4) is 0 Å². The van der Waals surface area contributed by atoms with Crippen molar-refractivity contribution in [1.29, 1.82) is 0 Å². The normalized spacial score (nSPS) is 10.1. The number of anilines is 1. The quantitative estimate of drug-likeness (QED) is 0.676. The Kier molecular flexibility index (Phi) is 3.24. The summed E-state index contributed by atoms with van der Waals surface area (Å²) in [6, 6.07) is 4.02. The van der Waals surface area contributed by atoms with Crippen molar-refractivity contribution in [3.63, 3.8) is 0 Å². The molecule has 2 rings (SSSR count). The molecule has 0 fully saturated rings. The smallest absolute Gasteiger partial charge is 0.313 e. The molecule has 1 heterocycles. The lowest BCUT2D eigenvalue weighted by molar-refractivity contribution is -0.385. The minimum atomic E-state index is -0.603. The summed E-state index contributed by atoms with van der Waals surface area (Å²) < 4.78 is 5.26. The lowest BCUT2D eigenvalue weighted by Gasteiger charge is -2.06. The Bertz CT molecular complexity index is 605. The summed E-state index contributed by atoms with van der Waals surface area (Å²) >= 11 is 5.68. The number of aromatic nitrogens is 2. The summed E-state index contributed by atoms with van der Waals surface area (Å²) in [5.74, 6) is 0.0428. The van der Waals surface area contributed by atoms with Crippen LogP contribution in [0, 0.1) is 10.1 Å². The number of hydrogen-bond acceptors (Lipinski definition) is 6. The number of hydrogen-bond donors (Lipinski definition) is 1. The van der Waals surface area contributed by atoms with Gasteiger partial charge in [0, 0.05) is 23.5 Å². The zero-order valence-electron chi connectivity index (χ0n) is 8.91. The van der Waals surface area contributed by atoms with E-state index in [9.17, 15) is 10.1 Å². The SMILES string of the molecule is Nc1nccnc1Oc1ccc(Cl)cc1[N+](=O)[O-]. The average molecular weight is 267 g/mol. The fraction of sp³-hybridized carbons (Fsp3) is 0. The van der Waals surface area contributed by atoms with Gasteiger partial charge in [-0.1, -0.05) is 11.6 Å². The number of nitrogens with zero attached hydrogens (tertiary/aromatic N) is 3. The van der Waals surface area contributed by atoms with Crippen LogP contribution in [-0.2, 0) is 0 Å². The van der Waals surface area contributed by atoms with E-state index in [1.807, 2.05) is 0 Å². The van der Waals surface area contributed by atoms with Gasteiger partial charge in [0.05, 0.1) is 4.92 Å². The van der Waals surface area contributed by atoms with Crippen LogP contribution in [0.4, 0.5) is 11.5 Å². The Labute approximate surface area is 106 Å². The first-order valence-electron chi connectivity index (χ1n) is 4.76. The van der Waals surface area contributed by atoms with Crippen molar-refractivity contribution in [3.8, 4) is 11.6 Å². The van der Waals surface area contributed by atoms with Crippen LogP contribution in [0.15, 0.2) is 30.6 Å². The molecule has 0 unspecified atom stereocenters. The number of nitro benzene ring substituents is 1. The molecule has 7 nitrogen and oxygen atoms in total. The predicted octanol–water partition coefficient (Wildman–Crippen LogP) is 2.41. The molecule has 0 bridgehead atoms. The van der Waals surface area contributed by atoms with Crippen molar-refractivity contribution >= 4 is 23.1 Å². The number of nitro groups is 1. The topological polar surface area (TPSA) is 104 Å². The summed E-state index contributed by atoms with van der Waals surface area (Å²) in [5, 5.41) is 11.1. The first-order valence-corrected chi connectivity index (χ1v) is 5.14. The van der Waals surface area contributed by atoms with Crippen molar-refractivity contribution in [3.05, 3.63) is 45.7 Å². The highest BCUT2D eigenvalue weighted by Gasteiger charge is 2.17. The van der Waals surface area contributed by atoms with Gasteiger partial charge in [-0.15, -0.1) is 0 Å². The second-order valence-electron chi connectivity index (χ2n) is 3.22. The minimum Gasteiger partial charge on any atom is -0.429 e. The summed E-state index contributed by atoms with van der Waals surface area (Å²) in [4.78, 5) is 17.8. The van der Waals surface area contributed by atoms with Crippen LogP contribution in [0.2, 0.25) is 5.02 Å². The molecule has 0 atom stereocenters. The lowest BCUT2D eigenvalue weighted by Crippen LogP contribution is -1.99. The largest absolute Gasteiger partial charge is 0.429 e. The second-order valence-corrected chi connectivity index (χ2v) is 3.65. The Hall–Kier alpha value is -2.41. The first-order chi connectivity index (χ1) is 8.58. The molecule has 0 aliphatic carbocycles. The van der Waals surface area contributed by atoms with E-state index in [1.54, 1.807) is 0 Å². The maximum atomic E-state index is 10.8. The third kappa shape index (κ3) is 2.46. The molecule has 18 heavy (non-hydrogen) atoms. The highest BCUT2D eigenvalue weighted by molar-refractivity contribution is 6.30. The van der Waals surface area contributed by atoms with Crippen molar-refractivity contribution < 1.29 is 9.66 Å². The molecular weight excluding hydrogens is 260 g/mol. The van der Waals surface area contributed by atoms with E-state index in [0.717, 1.165) is 0 Å². The van der Waals surface area contributed by atoms with Crippen LogP contribution in [-0.4, -0.2) is 14.9 Å². The number of ether oxygens (including phenoxy) is 1. The van der Waals surface area contributed by atoms with Crippen molar-refractivity contribution in [2.75, 3.05) is 5.73 Å². The molecule has 8 heteroatoms. The van der Waals surface area contributed by atoms with Gasteiger partial charge >= 0.3 is 5.69 Å². The van der Waals surface area contributed by atoms with E-state index in [2.05, 4.69) is 9.97 Å². The monoisotopic (exact) mass is 266 g/mol. The van der Waals surface area contributed by atoms with Gasteiger partial charge in [-0.2, -0.15) is 0 Å². The predicted molar refractivity (Wildman–Crippen MR) is 64.6 cm³/mol. The van der Waals surface area contributed by atoms with Gasteiger partial charge in [0.1, 0.15) is 0 Å². The van der Waals surface area contributed by atoms with Crippen LogP contribution < -0.4 is 10.5 Å². The number of benzene rings is 1. The first kappa shape index (κ1) is 12.1. The van der Waals surface area contributed by atoms with E-state index in [4.69, 9.17) is 22.1 Å². The van der Waals surface area contributed by atoms with Crippen molar-refractivity contribution in [1.82, 2.24) is 9.97 Å². The zero-order valence-corrected chi connectivity index (χ0v) is 9.66. The summed E-state index contributed by atoms with van der Waals surface area (Å²) in [7, 11) is 0. The van der Waals surface area contributed by atoms with Gasteiger partial charge in [0.15, 0.2) is 5.82 Å². The van der Waals surface area contributed by atoms with Crippen LogP contribution in [0.1, 0.15) is 0 Å². The number of rotatable bonds is 3. The molecule has 92 valence electrons. The van der Waals surface area contributed by atoms with E-state index in [-0.39, 0.29) is 28.2 Å². The molecule has 1 aromatic carbocycles. The van der Waals surface area contributed by atoms with Crippen LogP contribution in [0.25, 0.3) is 0 Å². The molecule has 1 aromatic heterocycles. The van der Waals surface area contributed by atoms with E-state index >= 15 is 0 Å². The standard InChI is InChI=1S/C10H7ClN4O3/c11-6-1-2-8(7(5-6)15(16)17)18-10-9(12)13-3-4-14-10/h1-5H,(H2,12,13). The van der Waals surface area contributed by atoms with Crippen LogP contribution in [0.5, 0.6) is 11.6 Å². The molecule has 0 saturated carbocycles. The summed E-state index contributed by atoms with van der Waals surface area (Å²) in [6.07, 6.45) is 2.76. The Morgan fingerprint density at radius 1 is 1.33 bits per heavy atom. The molecule has 2 aromatic rings. The van der Waals surface area contributed by atoms with Crippen molar-refractivity contribution in [2.24, 2.45) is 0 Å². The Morgan fingerprint density at radius 2 is 2.06 bits per heavy atom. The molecule has 0 spiro atoms. The Balaban J connectivity index is 2.41. The minimum absolute atomic E-state index is 0.00271. The third-order valence-electron chi connectivity index (χ3n) is 2.02. The van der Waals surface area contributed by atoms with E-state index < -0.39 is 4.92 Å². The zero-order chi connectivity index (χ0) is 13.1. The molecule has 0 aliphatic rings. The van der Waals surface area contributed by atoms with E-state index in [1.165, 1.54) is 30.6 Å². The highest BCUT2D eigenvalue weighted by atomic mass is 35.5. The molecule has 0 radical (unpaired) electrons. The van der Waals surface area contributed by atoms with Gasteiger partial charge in [0.2, 0.25) is 5.75 Å². The highest BCUT2D eigenvalue weighted by Crippen LogP contribution is 2.33. The number of nitrogen functional groups attached to an aromatic ring is 1. The van der Waals surface area contributed by atoms with Gasteiger partial charge in [-0.25, -0.2) is 9.97 Å². The van der Waals surface area contributed by atoms with E-state index in [0.29, 0.717) is 0 Å². The number of nitrogens with two attached hydrogens (primary N) is 1. The van der Waals surface area contributed by atoms with Crippen LogP contribution >= 0.6 is 11.6 Å².